The van der Waals surface area contributed by atoms with E-state index in [2.05, 4.69) is 5.32 Å². The first kappa shape index (κ1) is 9.98. The highest BCUT2D eigenvalue weighted by Gasteiger charge is 2.00. The third kappa shape index (κ3) is 2.47. The SMILES string of the molecule is Nc1ccsc1CNc1cccc(F)c1. The summed E-state index contributed by atoms with van der Waals surface area (Å²) in [5, 5.41) is 5.06. The van der Waals surface area contributed by atoms with Crippen molar-refractivity contribution in [3.8, 4) is 0 Å². The lowest BCUT2D eigenvalue weighted by Gasteiger charge is -2.05. The highest BCUT2D eigenvalue weighted by atomic mass is 32.1. The molecule has 0 radical (unpaired) electrons. The highest BCUT2D eigenvalue weighted by Crippen LogP contribution is 2.20. The second-order valence-electron chi connectivity index (χ2n) is 3.16. The molecule has 15 heavy (non-hydrogen) atoms. The summed E-state index contributed by atoms with van der Waals surface area (Å²) in [5.41, 5.74) is 7.28. The Morgan fingerprint density at radius 1 is 1.33 bits per heavy atom. The fraction of sp³-hybridized carbons (Fsp3) is 0.0909. The van der Waals surface area contributed by atoms with E-state index in [-0.39, 0.29) is 5.82 Å². The molecule has 2 aromatic rings. The molecule has 0 saturated heterocycles. The van der Waals surface area contributed by atoms with Gasteiger partial charge in [0.05, 0.1) is 6.54 Å². The minimum Gasteiger partial charge on any atom is -0.398 e. The molecule has 0 saturated carbocycles. The fourth-order valence-corrected chi connectivity index (χ4v) is 2.01. The van der Waals surface area contributed by atoms with E-state index in [0.717, 1.165) is 16.3 Å². The van der Waals surface area contributed by atoms with Gasteiger partial charge < -0.3 is 11.1 Å². The summed E-state index contributed by atoms with van der Waals surface area (Å²) in [6, 6.07) is 8.25. The molecule has 0 aliphatic rings. The predicted molar refractivity (Wildman–Crippen MR) is 62.5 cm³/mol. The summed E-state index contributed by atoms with van der Waals surface area (Å²) in [6.45, 7) is 0.632. The van der Waals surface area contributed by atoms with Gasteiger partial charge in [-0.1, -0.05) is 6.07 Å². The van der Waals surface area contributed by atoms with Crippen LogP contribution in [0.3, 0.4) is 0 Å². The lowest BCUT2D eigenvalue weighted by Crippen LogP contribution is -1.99. The van der Waals surface area contributed by atoms with E-state index in [4.69, 9.17) is 5.73 Å². The number of nitrogens with two attached hydrogens (primary N) is 1. The topological polar surface area (TPSA) is 38.0 Å². The summed E-state index contributed by atoms with van der Waals surface area (Å²) >= 11 is 1.59. The summed E-state index contributed by atoms with van der Waals surface area (Å²) in [4.78, 5) is 1.07. The average molecular weight is 222 g/mol. The molecule has 1 aromatic heterocycles. The standard InChI is InChI=1S/C11H11FN2S/c12-8-2-1-3-9(6-8)14-7-11-10(13)4-5-15-11/h1-6,14H,7,13H2. The van der Waals surface area contributed by atoms with Crippen molar-refractivity contribution in [3.63, 3.8) is 0 Å². The summed E-state index contributed by atoms with van der Waals surface area (Å²) in [7, 11) is 0. The monoisotopic (exact) mass is 222 g/mol. The van der Waals surface area contributed by atoms with Gasteiger partial charge in [0.15, 0.2) is 0 Å². The molecule has 0 amide bonds. The van der Waals surface area contributed by atoms with Crippen molar-refractivity contribution in [1.29, 1.82) is 0 Å². The van der Waals surface area contributed by atoms with Crippen LogP contribution in [0.15, 0.2) is 35.7 Å². The lowest BCUT2D eigenvalue weighted by atomic mass is 10.3. The van der Waals surface area contributed by atoms with Crippen molar-refractivity contribution in [3.05, 3.63) is 46.4 Å². The van der Waals surface area contributed by atoms with Crippen LogP contribution in [0.2, 0.25) is 0 Å². The number of hydrogen-bond donors (Lipinski definition) is 2. The van der Waals surface area contributed by atoms with Gasteiger partial charge in [0.25, 0.3) is 0 Å². The van der Waals surface area contributed by atoms with E-state index in [1.54, 1.807) is 17.4 Å². The highest BCUT2D eigenvalue weighted by molar-refractivity contribution is 7.10. The number of anilines is 2. The summed E-state index contributed by atoms with van der Waals surface area (Å²) in [5.74, 6) is -0.237. The van der Waals surface area contributed by atoms with Crippen LogP contribution in [0.25, 0.3) is 0 Å². The number of thiophene rings is 1. The minimum absolute atomic E-state index is 0.237. The van der Waals surface area contributed by atoms with E-state index < -0.39 is 0 Å². The Balaban J connectivity index is 2.02. The number of nitrogen functional groups attached to an aromatic ring is 1. The maximum absolute atomic E-state index is 12.9. The zero-order valence-electron chi connectivity index (χ0n) is 8.03. The van der Waals surface area contributed by atoms with Crippen molar-refractivity contribution >= 4 is 22.7 Å². The van der Waals surface area contributed by atoms with Gasteiger partial charge in [-0.25, -0.2) is 4.39 Å². The maximum Gasteiger partial charge on any atom is 0.125 e. The van der Waals surface area contributed by atoms with Crippen LogP contribution in [0, 0.1) is 5.82 Å². The van der Waals surface area contributed by atoms with Crippen LogP contribution in [0.1, 0.15) is 4.88 Å². The molecule has 1 aromatic carbocycles. The molecule has 0 aliphatic carbocycles. The van der Waals surface area contributed by atoms with Crippen LogP contribution >= 0.6 is 11.3 Å². The Morgan fingerprint density at radius 3 is 2.87 bits per heavy atom. The molecule has 1 heterocycles. The molecule has 3 N–H and O–H groups in total. The van der Waals surface area contributed by atoms with Gasteiger partial charge in [-0.3, -0.25) is 0 Å². The van der Waals surface area contributed by atoms with Crippen molar-refractivity contribution in [2.24, 2.45) is 0 Å². The Bertz CT molecular complexity index is 453. The van der Waals surface area contributed by atoms with Gasteiger partial charge in [0.1, 0.15) is 5.82 Å². The van der Waals surface area contributed by atoms with Gasteiger partial charge in [-0.05, 0) is 29.6 Å². The predicted octanol–water partition coefficient (Wildman–Crippen LogP) is 3.08. The summed E-state index contributed by atoms with van der Waals surface area (Å²) < 4.78 is 12.9. The van der Waals surface area contributed by atoms with Crippen LogP contribution in [-0.2, 0) is 6.54 Å². The van der Waals surface area contributed by atoms with Gasteiger partial charge >= 0.3 is 0 Å². The fourth-order valence-electron chi connectivity index (χ4n) is 1.27. The van der Waals surface area contributed by atoms with Crippen LogP contribution in [-0.4, -0.2) is 0 Å². The smallest absolute Gasteiger partial charge is 0.125 e. The molecule has 0 atom stereocenters. The second-order valence-corrected chi connectivity index (χ2v) is 4.16. The molecule has 4 heteroatoms. The van der Waals surface area contributed by atoms with Gasteiger partial charge in [-0.2, -0.15) is 0 Å². The lowest BCUT2D eigenvalue weighted by molar-refractivity contribution is 0.628. The molecule has 2 nitrogen and oxygen atoms in total. The molecule has 78 valence electrons. The average Bonchev–Trinajstić information content (AvgIpc) is 2.61. The first-order valence-electron chi connectivity index (χ1n) is 4.57. The van der Waals surface area contributed by atoms with Gasteiger partial charge in [0.2, 0.25) is 0 Å². The molecule has 0 unspecified atom stereocenters. The van der Waals surface area contributed by atoms with Crippen LogP contribution in [0.5, 0.6) is 0 Å². The Morgan fingerprint density at radius 2 is 2.20 bits per heavy atom. The number of hydrogen-bond acceptors (Lipinski definition) is 3. The van der Waals surface area contributed by atoms with Crippen LogP contribution in [0.4, 0.5) is 15.8 Å². The van der Waals surface area contributed by atoms with Crippen molar-refractivity contribution in [1.82, 2.24) is 0 Å². The van der Waals surface area contributed by atoms with E-state index >= 15 is 0 Å². The Hall–Kier alpha value is -1.55. The maximum atomic E-state index is 12.9. The molecule has 0 aliphatic heterocycles. The number of nitrogens with one attached hydrogen (secondary N) is 1. The minimum atomic E-state index is -0.237. The largest absolute Gasteiger partial charge is 0.398 e. The molecular weight excluding hydrogens is 211 g/mol. The Kier molecular flexibility index (Phi) is 2.87. The second kappa shape index (κ2) is 4.31. The van der Waals surface area contributed by atoms with E-state index in [0.29, 0.717) is 6.54 Å². The first-order chi connectivity index (χ1) is 7.25. The molecule has 0 bridgehead atoms. The molecule has 0 fully saturated rings. The van der Waals surface area contributed by atoms with E-state index in [1.807, 2.05) is 17.5 Å². The first-order valence-corrected chi connectivity index (χ1v) is 5.45. The molecule has 2 rings (SSSR count). The third-order valence-electron chi connectivity index (χ3n) is 2.06. The molecular formula is C11H11FN2S. The van der Waals surface area contributed by atoms with Crippen molar-refractivity contribution in [2.45, 2.75) is 6.54 Å². The number of halogens is 1. The van der Waals surface area contributed by atoms with Crippen molar-refractivity contribution in [2.75, 3.05) is 11.1 Å². The number of rotatable bonds is 3. The molecule has 0 spiro atoms. The number of benzene rings is 1. The van der Waals surface area contributed by atoms with E-state index in [9.17, 15) is 4.39 Å². The van der Waals surface area contributed by atoms with Crippen LogP contribution < -0.4 is 11.1 Å². The zero-order valence-corrected chi connectivity index (χ0v) is 8.85. The van der Waals surface area contributed by atoms with Crippen molar-refractivity contribution < 1.29 is 4.39 Å². The zero-order chi connectivity index (χ0) is 10.7. The van der Waals surface area contributed by atoms with Gasteiger partial charge in [0, 0.05) is 16.3 Å². The van der Waals surface area contributed by atoms with E-state index in [1.165, 1.54) is 12.1 Å². The Labute approximate surface area is 91.5 Å². The third-order valence-corrected chi connectivity index (χ3v) is 2.99. The summed E-state index contributed by atoms with van der Waals surface area (Å²) in [6.07, 6.45) is 0. The normalized spacial score (nSPS) is 10.2. The van der Waals surface area contributed by atoms with Gasteiger partial charge in [-0.15, -0.1) is 11.3 Å². The quantitative estimate of drug-likeness (QED) is 0.837.